The second-order valence-corrected chi connectivity index (χ2v) is 3.59. The van der Waals surface area contributed by atoms with Crippen molar-refractivity contribution >= 4 is 11.9 Å². The fourth-order valence-electron chi connectivity index (χ4n) is 1.32. The number of nitrogens with zero attached hydrogens (tertiary/aromatic N) is 1. The van der Waals surface area contributed by atoms with Crippen molar-refractivity contribution in [3.8, 4) is 0 Å². The van der Waals surface area contributed by atoms with Gasteiger partial charge in [-0.1, -0.05) is 0 Å². The molecule has 0 aliphatic heterocycles. The quantitative estimate of drug-likeness (QED) is 0.493. The molecule has 1 aromatic rings. The van der Waals surface area contributed by atoms with Crippen molar-refractivity contribution in [2.45, 2.75) is 19.8 Å². The number of aromatic amines is 1. The lowest BCUT2D eigenvalue weighted by molar-refractivity contribution is -0.131. The van der Waals surface area contributed by atoms with E-state index in [1.165, 1.54) is 0 Å². The summed E-state index contributed by atoms with van der Waals surface area (Å²) >= 11 is 0. The maximum absolute atomic E-state index is 11.1. The largest absolute Gasteiger partial charge is 0.478 e. The molecule has 6 nitrogen and oxygen atoms in total. The third-order valence-electron chi connectivity index (χ3n) is 2.23. The normalized spacial score (nSPS) is 10.6. The number of H-pyrrole nitrogens is 1. The topological polar surface area (TPSA) is 95.1 Å². The Morgan fingerprint density at radius 3 is 2.88 bits per heavy atom. The van der Waals surface area contributed by atoms with Crippen LogP contribution in [0.4, 0.5) is 0 Å². The molecule has 1 amide bonds. The third-order valence-corrected chi connectivity index (χ3v) is 2.23. The zero-order valence-electron chi connectivity index (χ0n) is 9.56. The van der Waals surface area contributed by atoms with Gasteiger partial charge in [0.05, 0.1) is 6.20 Å². The van der Waals surface area contributed by atoms with Crippen LogP contribution in [0.5, 0.6) is 0 Å². The van der Waals surface area contributed by atoms with Crippen LogP contribution >= 0.6 is 0 Å². The molecule has 0 unspecified atom stereocenters. The lowest BCUT2D eigenvalue weighted by Gasteiger charge is -2.01. The molecule has 0 aromatic carbocycles. The summed E-state index contributed by atoms with van der Waals surface area (Å²) in [6.07, 6.45) is 5.20. The Labute approximate surface area is 98.7 Å². The fraction of sp³-hybridized carbons (Fsp3) is 0.364. The molecule has 1 heterocycles. The summed E-state index contributed by atoms with van der Waals surface area (Å²) in [5.41, 5.74) is 2.16. The summed E-state index contributed by atoms with van der Waals surface area (Å²) in [6, 6.07) is 0. The number of carbonyl (C=O) groups is 2. The summed E-state index contributed by atoms with van der Waals surface area (Å²) in [5.74, 6) is -1.52. The number of carboxylic acids is 1. The lowest BCUT2D eigenvalue weighted by Crippen LogP contribution is -2.22. The van der Waals surface area contributed by atoms with Crippen molar-refractivity contribution in [3.63, 3.8) is 0 Å². The lowest BCUT2D eigenvalue weighted by atomic mass is 10.1. The molecule has 0 radical (unpaired) electrons. The number of aryl methyl sites for hydroxylation is 2. The first-order chi connectivity index (χ1) is 8.09. The highest BCUT2D eigenvalue weighted by molar-refractivity contribution is 5.93. The summed E-state index contributed by atoms with van der Waals surface area (Å²) in [5, 5.41) is 17.6. The van der Waals surface area contributed by atoms with Crippen LogP contribution in [0, 0.1) is 6.92 Å². The van der Waals surface area contributed by atoms with E-state index in [9.17, 15) is 9.59 Å². The van der Waals surface area contributed by atoms with E-state index in [1.807, 2.05) is 6.92 Å². The zero-order chi connectivity index (χ0) is 12.7. The van der Waals surface area contributed by atoms with Gasteiger partial charge in [0, 0.05) is 24.4 Å². The molecular weight excluding hydrogens is 222 g/mol. The van der Waals surface area contributed by atoms with Crippen LogP contribution in [0.25, 0.3) is 0 Å². The number of nitrogens with one attached hydrogen (secondary N) is 2. The number of carbonyl (C=O) groups excluding carboxylic acids is 1. The average Bonchev–Trinajstić information content (AvgIpc) is 2.68. The molecule has 0 atom stereocenters. The molecular formula is C11H15N3O3. The van der Waals surface area contributed by atoms with E-state index in [0.29, 0.717) is 6.54 Å². The van der Waals surface area contributed by atoms with Gasteiger partial charge in [0.2, 0.25) is 5.91 Å². The minimum Gasteiger partial charge on any atom is -0.478 e. The minimum absolute atomic E-state index is 0.392. The van der Waals surface area contributed by atoms with E-state index < -0.39 is 11.9 Å². The maximum Gasteiger partial charge on any atom is 0.328 e. The molecule has 0 aliphatic carbocycles. The van der Waals surface area contributed by atoms with Crippen molar-refractivity contribution in [2.75, 3.05) is 6.54 Å². The van der Waals surface area contributed by atoms with Crippen molar-refractivity contribution in [1.29, 1.82) is 0 Å². The van der Waals surface area contributed by atoms with E-state index in [4.69, 9.17) is 5.11 Å². The van der Waals surface area contributed by atoms with Gasteiger partial charge in [-0.2, -0.15) is 5.10 Å². The molecule has 6 heteroatoms. The third kappa shape index (κ3) is 4.96. The van der Waals surface area contributed by atoms with Gasteiger partial charge in [-0.25, -0.2) is 4.79 Å². The summed E-state index contributed by atoms with van der Waals surface area (Å²) in [7, 11) is 0. The second kappa shape index (κ2) is 6.47. The molecule has 92 valence electrons. The van der Waals surface area contributed by atoms with Crippen LogP contribution in [-0.2, 0) is 16.0 Å². The first-order valence-corrected chi connectivity index (χ1v) is 5.27. The molecule has 1 aromatic heterocycles. The Kier molecular flexibility index (Phi) is 4.93. The predicted molar refractivity (Wildman–Crippen MR) is 61.4 cm³/mol. The first-order valence-electron chi connectivity index (χ1n) is 5.27. The number of carboxylic acid groups (broad SMARTS) is 1. The van der Waals surface area contributed by atoms with Gasteiger partial charge < -0.3 is 10.4 Å². The molecule has 0 aliphatic rings. The number of aliphatic carboxylic acids is 1. The van der Waals surface area contributed by atoms with Crippen LogP contribution < -0.4 is 5.32 Å². The molecule has 0 saturated heterocycles. The van der Waals surface area contributed by atoms with E-state index in [0.717, 1.165) is 36.3 Å². The second-order valence-electron chi connectivity index (χ2n) is 3.59. The summed E-state index contributed by atoms with van der Waals surface area (Å²) in [4.78, 5) is 21.2. The smallest absolute Gasteiger partial charge is 0.328 e. The summed E-state index contributed by atoms with van der Waals surface area (Å²) in [6.45, 7) is 2.45. The number of aromatic nitrogens is 2. The highest BCUT2D eigenvalue weighted by Gasteiger charge is 2.00. The zero-order valence-corrected chi connectivity index (χ0v) is 9.56. The number of amides is 1. The Bertz CT molecular complexity index is 423. The van der Waals surface area contributed by atoms with Crippen LogP contribution in [0.15, 0.2) is 18.3 Å². The Morgan fingerprint density at radius 2 is 2.29 bits per heavy atom. The number of hydrogen-bond donors (Lipinski definition) is 3. The molecule has 0 bridgehead atoms. The van der Waals surface area contributed by atoms with Crippen LogP contribution in [0.2, 0.25) is 0 Å². The van der Waals surface area contributed by atoms with E-state index >= 15 is 0 Å². The average molecular weight is 237 g/mol. The van der Waals surface area contributed by atoms with Crippen LogP contribution in [0.1, 0.15) is 17.7 Å². The van der Waals surface area contributed by atoms with Crippen molar-refractivity contribution < 1.29 is 14.7 Å². The van der Waals surface area contributed by atoms with Gasteiger partial charge in [-0.3, -0.25) is 9.89 Å². The Morgan fingerprint density at radius 1 is 1.53 bits per heavy atom. The highest BCUT2D eigenvalue weighted by Crippen LogP contribution is 2.04. The fourth-order valence-corrected chi connectivity index (χ4v) is 1.32. The Balaban J connectivity index is 2.18. The van der Waals surface area contributed by atoms with Crippen molar-refractivity contribution in [1.82, 2.24) is 15.5 Å². The number of rotatable bonds is 6. The van der Waals surface area contributed by atoms with Gasteiger partial charge in [-0.15, -0.1) is 0 Å². The van der Waals surface area contributed by atoms with Crippen molar-refractivity contribution in [3.05, 3.63) is 29.6 Å². The first kappa shape index (κ1) is 13.0. The highest BCUT2D eigenvalue weighted by atomic mass is 16.4. The van der Waals surface area contributed by atoms with E-state index in [2.05, 4.69) is 15.5 Å². The molecule has 3 N–H and O–H groups in total. The Hall–Kier alpha value is -2.11. The van der Waals surface area contributed by atoms with Gasteiger partial charge in [-0.05, 0) is 25.3 Å². The molecule has 17 heavy (non-hydrogen) atoms. The SMILES string of the molecule is Cc1[nH]ncc1CCCNC(=O)C=CC(=O)O. The van der Waals surface area contributed by atoms with Crippen LogP contribution in [-0.4, -0.2) is 33.7 Å². The molecule has 0 fully saturated rings. The van der Waals surface area contributed by atoms with E-state index in [1.54, 1.807) is 6.20 Å². The monoisotopic (exact) mass is 237 g/mol. The van der Waals surface area contributed by atoms with Gasteiger partial charge in [0.15, 0.2) is 0 Å². The minimum atomic E-state index is -1.13. The van der Waals surface area contributed by atoms with Gasteiger partial charge in [0.25, 0.3) is 0 Å². The summed E-state index contributed by atoms with van der Waals surface area (Å²) < 4.78 is 0. The standard InChI is InChI=1S/C11H15N3O3/c1-8-9(7-13-14-8)3-2-6-12-10(15)4-5-11(16)17/h4-5,7H,2-3,6H2,1H3,(H,12,15)(H,13,14)(H,16,17). The van der Waals surface area contributed by atoms with Gasteiger partial charge >= 0.3 is 5.97 Å². The van der Waals surface area contributed by atoms with E-state index in [-0.39, 0.29) is 0 Å². The van der Waals surface area contributed by atoms with Gasteiger partial charge in [0.1, 0.15) is 0 Å². The molecule has 1 rings (SSSR count). The predicted octanol–water partition coefficient (Wildman–Crippen LogP) is 0.408. The maximum atomic E-state index is 11.1. The molecule has 0 spiro atoms. The van der Waals surface area contributed by atoms with Crippen LogP contribution in [0.3, 0.4) is 0 Å². The molecule has 0 saturated carbocycles. The number of hydrogen-bond acceptors (Lipinski definition) is 3. The van der Waals surface area contributed by atoms with Crippen molar-refractivity contribution in [2.24, 2.45) is 0 Å².